The number of nitrogens with zero attached hydrogens (tertiary/aromatic N) is 3. The summed E-state index contributed by atoms with van der Waals surface area (Å²) in [6.07, 6.45) is 0.794. The van der Waals surface area contributed by atoms with Crippen LogP contribution in [0.1, 0.15) is 41.8 Å². The fourth-order valence-corrected chi connectivity index (χ4v) is 6.50. The van der Waals surface area contributed by atoms with Gasteiger partial charge in [-0.05, 0) is 35.6 Å². The molecule has 9 N–H and O–H groups in total. The van der Waals surface area contributed by atoms with Crippen LogP contribution in [0.2, 0.25) is 0 Å². The van der Waals surface area contributed by atoms with E-state index in [1.807, 2.05) is 6.07 Å². The summed E-state index contributed by atoms with van der Waals surface area (Å²) in [6.45, 7) is 4.44. The summed E-state index contributed by atoms with van der Waals surface area (Å²) < 4.78 is 19.1. The second-order valence-electron chi connectivity index (χ2n) is 12.0. The minimum Gasteiger partial charge on any atom is -0.492 e. The van der Waals surface area contributed by atoms with E-state index in [0.717, 1.165) is 12.0 Å². The lowest BCUT2D eigenvalue weighted by molar-refractivity contribution is -0.230. The largest absolute Gasteiger partial charge is 0.492 e. The third-order valence-corrected chi connectivity index (χ3v) is 8.86. The molecule has 0 saturated carbocycles. The van der Waals surface area contributed by atoms with Gasteiger partial charge in [-0.2, -0.15) is 0 Å². The topological polar surface area (TPSA) is 200 Å². The highest BCUT2D eigenvalue weighted by atomic mass is 19.1. The van der Waals surface area contributed by atoms with Gasteiger partial charge in [0.05, 0.1) is 24.6 Å². The Hall–Kier alpha value is -4.43. The SMILES string of the molecule is CC1(C)CCOc2c(C(=O)NC3CN4C(N)=NC(CNC(=O)Cc5ccc(F)cc5)C5N=C(N)N[C@@]54C3(O)O)cccc21. The van der Waals surface area contributed by atoms with Gasteiger partial charge in [-0.1, -0.05) is 38.1 Å². The van der Waals surface area contributed by atoms with Crippen molar-refractivity contribution < 1.29 is 28.9 Å². The van der Waals surface area contributed by atoms with Crippen molar-refractivity contribution >= 4 is 23.7 Å². The monoisotopic (exact) mass is 594 g/mol. The van der Waals surface area contributed by atoms with Gasteiger partial charge in [0.2, 0.25) is 11.7 Å². The van der Waals surface area contributed by atoms with Crippen LogP contribution in [0.15, 0.2) is 52.4 Å². The Bertz CT molecular complexity index is 1530. The summed E-state index contributed by atoms with van der Waals surface area (Å²) in [6, 6.07) is 7.83. The summed E-state index contributed by atoms with van der Waals surface area (Å²) in [7, 11) is 0. The molecule has 3 unspecified atom stereocenters. The minimum atomic E-state index is -2.64. The second kappa shape index (κ2) is 10.1. The van der Waals surface area contributed by atoms with E-state index in [1.54, 1.807) is 12.1 Å². The number of nitrogens with two attached hydrogens (primary N) is 2. The van der Waals surface area contributed by atoms with Crippen molar-refractivity contribution in [2.45, 2.75) is 61.7 Å². The molecule has 2 aromatic carbocycles. The van der Waals surface area contributed by atoms with Gasteiger partial charge in [0.25, 0.3) is 5.91 Å². The van der Waals surface area contributed by atoms with Gasteiger partial charge in [-0.25, -0.2) is 14.4 Å². The van der Waals surface area contributed by atoms with E-state index in [1.165, 1.54) is 29.2 Å². The van der Waals surface area contributed by atoms with Gasteiger partial charge in [0, 0.05) is 18.7 Å². The number of fused-ring (bicyclic) bond motifs is 1. The lowest BCUT2D eigenvalue weighted by atomic mass is 9.79. The van der Waals surface area contributed by atoms with E-state index < -0.39 is 41.3 Å². The number of carbonyl (C=O) groups is 2. The Morgan fingerprint density at radius 3 is 2.65 bits per heavy atom. The number of guanidine groups is 2. The van der Waals surface area contributed by atoms with E-state index in [-0.39, 0.29) is 48.3 Å². The molecule has 1 saturated heterocycles. The number of benzene rings is 2. The average Bonchev–Trinajstić information content (AvgIpc) is 3.42. The van der Waals surface area contributed by atoms with Gasteiger partial charge in [0.15, 0.2) is 17.6 Å². The van der Waals surface area contributed by atoms with Gasteiger partial charge in [-0.15, -0.1) is 0 Å². The van der Waals surface area contributed by atoms with Gasteiger partial charge < -0.3 is 47.3 Å². The third kappa shape index (κ3) is 4.61. The zero-order valence-corrected chi connectivity index (χ0v) is 23.8. The molecular formula is C29H35FN8O5. The molecule has 1 spiro atoms. The highest BCUT2D eigenvalue weighted by molar-refractivity contribution is 5.98. The fraction of sp³-hybridized carbons (Fsp3) is 0.448. The average molecular weight is 595 g/mol. The smallest absolute Gasteiger partial charge is 0.255 e. The van der Waals surface area contributed by atoms with Crippen LogP contribution < -0.4 is 32.2 Å². The first kappa shape index (κ1) is 28.7. The molecule has 13 nitrogen and oxygen atoms in total. The van der Waals surface area contributed by atoms with Crippen molar-refractivity contribution in [3.05, 3.63) is 65.0 Å². The standard InChI is InChI=1S/C29H35FN8O5/c1-27(2)10-11-43-22-17(4-3-5-18(22)27)24(40)35-20-14-38-26(32)34-19(23-28(38,29(20,41)42)37-25(31)36-23)13-33-21(39)12-15-6-8-16(30)9-7-15/h3-9,19-20,23,41-42H,10-14H2,1-2H3,(H2,32,34)(H,33,39)(H,35,40)(H3,31,36,37)/t19?,20?,23?,28-/m0/s1. The van der Waals surface area contributed by atoms with Crippen LogP contribution >= 0.6 is 0 Å². The zero-order valence-electron chi connectivity index (χ0n) is 23.8. The number of carbonyl (C=O) groups excluding carboxylic acids is 2. The van der Waals surface area contributed by atoms with Crippen molar-refractivity contribution in [1.82, 2.24) is 20.9 Å². The number of para-hydroxylation sites is 1. The molecule has 4 aliphatic rings. The van der Waals surface area contributed by atoms with Crippen molar-refractivity contribution in [2.75, 3.05) is 19.7 Å². The van der Waals surface area contributed by atoms with Crippen LogP contribution in [0, 0.1) is 5.82 Å². The van der Waals surface area contributed by atoms with Crippen molar-refractivity contribution in [2.24, 2.45) is 21.5 Å². The molecule has 0 aromatic heterocycles. The van der Waals surface area contributed by atoms with Crippen molar-refractivity contribution in [3.8, 4) is 5.75 Å². The zero-order chi connectivity index (χ0) is 30.7. The number of nitrogens with one attached hydrogen (secondary N) is 3. The summed E-state index contributed by atoms with van der Waals surface area (Å²) >= 11 is 0. The Balaban J connectivity index is 1.22. The molecule has 1 fully saturated rings. The number of ether oxygens (including phenoxy) is 1. The molecule has 4 aliphatic heterocycles. The molecule has 14 heteroatoms. The molecule has 43 heavy (non-hydrogen) atoms. The van der Waals surface area contributed by atoms with E-state index in [4.69, 9.17) is 16.2 Å². The maximum absolute atomic E-state index is 13.6. The maximum atomic E-state index is 13.6. The normalized spacial score (nSPS) is 27.8. The molecule has 2 aromatic rings. The number of rotatable bonds is 6. The van der Waals surface area contributed by atoms with Gasteiger partial charge in [0.1, 0.15) is 23.7 Å². The number of hydrogen-bond acceptors (Lipinski definition) is 11. The first-order valence-corrected chi connectivity index (χ1v) is 14.1. The quantitative estimate of drug-likeness (QED) is 0.205. The first-order valence-electron chi connectivity index (χ1n) is 14.1. The highest BCUT2D eigenvalue weighted by Gasteiger charge is 2.73. The Morgan fingerprint density at radius 1 is 1.16 bits per heavy atom. The molecule has 4 atom stereocenters. The van der Waals surface area contributed by atoms with Gasteiger partial charge >= 0.3 is 0 Å². The summed E-state index contributed by atoms with van der Waals surface area (Å²) in [5.74, 6) is -3.59. The maximum Gasteiger partial charge on any atom is 0.255 e. The van der Waals surface area contributed by atoms with E-state index >= 15 is 0 Å². The molecule has 0 aliphatic carbocycles. The fourth-order valence-electron chi connectivity index (χ4n) is 6.50. The summed E-state index contributed by atoms with van der Waals surface area (Å²) in [5, 5.41) is 31.9. The minimum absolute atomic E-state index is 0.0000833. The van der Waals surface area contributed by atoms with Crippen molar-refractivity contribution in [3.63, 3.8) is 0 Å². The number of amides is 2. The summed E-state index contributed by atoms with van der Waals surface area (Å²) in [5.41, 5.74) is 12.2. The van der Waals surface area contributed by atoms with Crippen LogP contribution in [0.4, 0.5) is 4.39 Å². The third-order valence-electron chi connectivity index (χ3n) is 8.86. The molecule has 2 amide bonds. The molecule has 6 rings (SSSR count). The Kier molecular flexibility index (Phi) is 6.73. The van der Waals surface area contributed by atoms with Gasteiger partial charge in [-0.3, -0.25) is 9.59 Å². The van der Waals surface area contributed by atoms with Crippen molar-refractivity contribution in [1.29, 1.82) is 0 Å². The lowest BCUT2D eigenvalue weighted by Gasteiger charge is -2.49. The Labute approximate surface area is 247 Å². The van der Waals surface area contributed by atoms with Crippen LogP contribution in [0.25, 0.3) is 0 Å². The van der Waals surface area contributed by atoms with E-state index in [9.17, 15) is 24.2 Å². The first-order chi connectivity index (χ1) is 20.3. The molecule has 0 radical (unpaired) electrons. The number of aliphatic imine (C=N–C) groups is 2. The number of aliphatic hydroxyl groups is 2. The highest BCUT2D eigenvalue weighted by Crippen LogP contribution is 2.45. The molecule has 228 valence electrons. The van der Waals surface area contributed by atoms with Crippen LogP contribution in [-0.2, 0) is 16.6 Å². The molecule has 0 bridgehead atoms. The Morgan fingerprint density at radius 2 is 1.91 bits per heavy atom. The number of halogens is 1. The van der Waals surface area contributed by atoms with E-state index in [0.29, 0.717) is 17.9 Å². The van der Waals surface area contributed by atoms with E-state index in [2.05, 4.69) is 39.8 Å². The lowest BCUT2D eigenvalue weighted by Crippen LogP contribution is -2.78. The predicted molar refractivity (Wildman–Crippen MR) is 155 cm³/mol. The predicted octanol–water partition coefficient (Wildman–Crippen LogP) is -0.981. The second-order valence-corrected chi connectivity index (χ2v) is 12.0. The summed E-state index contributed by atoms with van der Waals surface area (Å²) in [4.78, 5) is 36.6. The molecular weight excluding hydrogens is 559 g/mol. The van der Waals surface area contributed by atoms with Crippen LogP contribution in [-0.4, -0.2) is 88.1 Å². The number of hydrogen-bond donors (Lipinski definition) is 7. The van der Waals surface area contributed by atoms with Crippen LogP contribution in [0.3, 0.4) is 0 Å². The van der Waals surface area contributed by atoms with Crippen LogP contribution in [0.5, 0.6) is 5.75 Å². The molecule has 4 heterocycles.